The summed E-state index contributed by atoms with van der Waals surface area (Å²) in [6, 6.07) is 32.7. The Hall–Kier alpha value is -5.16. The Labute approximate surface area is 705 Å². The number of aryl methyl sites for hydroxylation is 2. The van der Waals surface area contributed by atoms with Crippen molar-refractivity contribution in [1.82, 2.24) is 35.1 Å². The molecular weight excluding hydrogens is 1600 g/mol. The van der Waals surface area contributed by atoms with Crippen LogP contribution in [0.2, 0.25) is 20.1 Å². The zero-order chi connectivity index (χ0) is 72.6. The molecule has 0 aliphatic rings. The van der Waals surface area contributed by atoms with E-state index in [1.807, 2.05) is 0 Å². The number of aliphatic carboxylic acids is 2. The maximum atomic E-state index is 13.9. The Balaban J connectivity index is -0.000000279. The molecule has 2 heterocycles. The normalized spacial score (nSPS) is 9.43. The number of alkyl halides is 2. The average Bonchev–Trinajstić information content (AvgIpc) is 1.65. The summed E-state index contributed by atoms with van der Waals surface area (Å²) in [5, 5.41) is 39.9. The van der Waals surface area contributed by atoms with Crippen LogP contribution in [0, 0.1) is 23.3 Å². The van der Waals surface area contributed by atoms with Gasteiger partial charge in [-0.2, -0.15) is 10.2 Å². The van der Waals surface area contributed by atoms with Gasteiger partial charge in [0.15, 0.2) is 11.4 Å². The molecule has 8 aromatic rings. The van der Waals surface area contributed by atoms with Crippen LogP contribution in [-0.2, 0) is 77.5 Å². The second kappa shape index (κ2) is 58.2. The van der Waals surface area contributed by atoms with Gasteiger partial charge in [-0.05, 0) is 74.5 Å². The monoisotopic (exact) mass is 1670 g/mol. The van der Waals surface area contributed by atoms with Gasteiger partial charge in [-0.25, -0.2) is 17.6 Å². The standard InChI is InChI=1S/C20H19ClFN5O3.C11H13ClFNO.C10H9BrClFO.C10H9N3O3.C7H7ClFN.C2H3BrO2.CH5N.CH2O3.3CH4.2K.H/c1-26(10-16(28)24-9-12-5-4-7-14(21)18(12)22)17(29)11-27-15-8-3-2-6-13(15)19(25-27)20(23)30;1-14-7-9(15)6-5-8-3-2-4-10(12)11(8)13;11-6-8(14)5-4-7-2-1-3-9(12)10(7)13;11-10(16)9-6-3-1-2-4-7(6)13(12-9)5-8(14)15;8-6-3-1-2-5(4-10)7(6)9;3-1-2(4)5;1-2;2-1-4-3;;;;;;/h2-8H,9-11H2,1H3,(H2,23,30)(H,24,28);2-4,14H,5-7H2,1H3;1-3H,4-6H2;1-4H,5H2,(H2,11,16)(H,14,15);1-3H,4,10H2;1H2,(H,4,5);2H2,1H3;1,3H;3*1H4;;;/q;;;;;;;;;;;2*+1;-1/p-1. The summed E-state index contributed by atoms with van der Waals surface area (Å²) in [7, 11) is 4.67. The van der Waals surface area contributed by atoms with Crippen molar-refractivity contribution in [2.45, 2.75) is 74.1 Å². The second-order valence-electron chi connectivity index (χ2n) is 18.7. The van der Waals surface area contributed by atoms with Gasteiger partial charge in [-0.15, -0.1) is 0 Å². The summed E-state index contributed by atoms with van der Waals surface area (Å²) in [5.74, 6) is -5.80. The molecule has 0 spiro atoms. The summed E-state index contributed by atoms with van der Waals surface area (Å²) in [4.78, 5) is 102. The fourth-order valence-electron chi connectivity index (χ4n) is 7.56. The molecule has 544 valence electrons. The molecule has 6 aromatic carbocycles. The first-order valence-electron chi connectivity index (χ1n) is 27.6. The van der Waals surface area contributed by atoms with Gasteiger partial charge in [0.2, 0.25) is 11.8 Å². The molecule has 4 amide bonds. The molecule has 36 heteroatoms. The minimum Gasteiger partial charge on any atom is -1.00 e. The molecule has 0 unspecified atom stereocenters. The Morgan fingerprint density at radius 3 is 1.31 bits per heavy atom. The van der Waals surface area contributed by atoms with Crippen LogP contribution < -0.4 is 142 Å². The van der Waals surface area contributed by atoms with E-state index in [0.29, 0.717) is 76.1 Å². The van der Waals surface area contributed by atoms with Crippen molar-refractivity contribution in [3.05, 3.63) is 198 Å². The van der Waals surface area contributed by atoms with Gasteiger partial charge >= 0.3 is 115 Å². The third kappa shape index (κ3) is 38.4. The SMILES string of the molecule is C.C.C.CN.CN(CC(=O)NCc1cccc(Cl)c1F)C(=O)Cn1nc(C(N)=O)c2ccccc21.CNCC(=O)CCc1cccc(Cl)c1F.NC(=O)c1nn(CC(=O)O)c2ccccc12.NCc1cccc(Cl)c1F.O=C(CBr)CCc1cccc(Cl)c1F.O=C(O)CBr.O=CO[O-].[H-].[K+].[K+]. The Bertz CT molecular complexity index is 3920. The third-order valence-electron chi connectivity index (χ3n) is 12.0. The number of fused-ring (bicyclic) bond motifs is 2. The van der Waals surface area contributed by atoms with Gasteiger partial charge in [0.25, 0.3) is 18.3 Å². The molecule has 0 saturated heterocycles. The number of Topliss-reactive ketones (excluding diaryl/α,β-unsaturated/α-hetero) is 2. The van der Waals surface area contributed by atoms with Gasteiger partial charge in [-0.1, -0.05) is 185 Å². The summed E-state index contributed by atoms with van der Waals surface area (Å²) in [6.07, 6.45) is 1.46. The maximum Gasteiger partial charge on any atom is 1.00 e. The van der Waals surface area contributed by atoms with Crippen molar-refractivity contribution in [3.8, 4) is 0 Å². The minimum absolute atomic E-state index is 0. The number of carboxylic acids is 2. The number of ketones is 2. The molecule has 0 saturated carbocycles. The number of hydrogen-bond acceptors (Lipinski definition) is 16. The number of para-hydroxylation sites is 2. The predicted molar refractivity (Wildman–Crippen MR) is 382 cm³/mol. The van der Waals surface area contributed by atoms with Crippen LogP contribution in [0.4, 0.5) is 17.6 Å². The van der Waals surface area contributed by atoms with Crippen LogP contribution in [0.3, 0.4) is 0 Å². The molecule has 0 atom stereocenters. The quantitative estimate of drug-likeness (QED) is 0.0119. The van der Waals surface area contributed by atoms with E-state index in [2.05, 4.69) is 63.3 Å². The van der Waals surface area contributed by atoms with Crippen molar-refractivity contribution in [1.29, 1.82) is 0 Å². The number of benzene rings is 6. The van der Waals surface area contributed by atoms with Crippen LogP contribution in [0.15, 0.2) is 121 Å². The molecule has 24 nitrogen and oxygen atoms in total. The number of carbonyl (C=O) groups excluding carboxylic acids is 7. The van der Waals surface area contributed by atoms with E-state index in [4.69, 9.17) is 83.9 Å². The summed E-state index contributed by atoms with van der Waals surface area (Å²) in [6.45, 7) is -0.440. The van der Waals surface area contributed by atoms with E-state index in [0.717, 1.165) is 0 Å². The summed E-state index contributed by atoms with van der Waals surface area (Å²) < 4.78 is 56.0. The molecule has 8 rings (SSSR count). The van der Waals surface area contributed by atoms with Crippen molar-refractivity contribution in [2.75, 3.05) is 44.9 Å². The van der Waals surface area contributed by atoms with E-state index >= 15 is 0 Å². The molecule has 0 aliphatic carbocycles. The maximum absolute atomic E-state index is 13.9. The number of primary amides is 2. The summed E-state index contributed by atoms with van der Waals surface area (Å²) in [5.41, 5.74) is 23.2. The van der Waals surface area contributed by atoms with Crippen LogP contribution in [0.5, 0.6) is 0 Å². The number of halogens is 10. The van der Waals surface area contributed by atoms with E-state index in [-0.39, 0.29) is 220 Å². The number of nitrogens with zero attached hydrogens (tertiary/aromatic N) is 5. The molecule has 101 heavy (non-hydrogen) atoms. The van der Waals surface area contributed by atoms with Gasteiger partial charge in [0, 0.05) is 54.9 Å². The molecule has 0 aliphatic heterocycles. The molecule has 0 fully saturated rings. The average molecular weight is 1680 g/mol. The van der Waals surface area contributed by atoms with Crippen LogP contribution in [-0.4, -0.2) is 133 Å². The number of nitrogens with two attached hydrogens (primary N) is 4. The number of carboxylic acid groups (broad SMARTS) is 2. The van der Waals surface area contributed by atoms with Crippen molar-refractivity contribution in [3.63, 3.8) is 0 Å². The van der Waals surface area contributed by atoms with E-state index in [1.165, 1.54) is 58.7 Å². The first-order valence-corrected chi connectivity index (χ1v) is 31.3. The van der Waals surface area contributed by atoms with Crippen molar-refractivity contribution in [2.24, 2.45) is 22.9 Å². The number of amides is 4. The van der Waals surface area contributed by atoms with Crippen LogP contribution >= 0.6 is 78.3 Å². The molecule has 12 N–H and O–H groups in total. The number of aromatic nitrogens is 4. The molecule has 0 bridgehead atoms. The van der Waals surface area contributed by atoms with Gasteiger partial charge < -0.3 is 60.3 Å². The van der Waals surface area contributed by atoms with E-state index in [1.54, 1.807) is 98.0 Å². The van der Waals surface area contributed by atoms with Gasteiger partial charge in [0.1, 0.15) is 53.3 Å². The first-order chi connectivity index (χ1) is 45.6. The number of hydrogen-bond donors (Lipinski definition) is 8. The van der Waals surface area contributed by atoms with Gasteiger partial charge in [-0.3, -0.25) is 52.5 Å². The van der Waals surface area contributed by atoms with E-state index in [9.17, 15) is 55.9 Å². The van der Waals surface area contributed by atoms with Gasteiger partial charge in [0.05, 0.1) is 49.5 Å². The van der Waals surface area contributed by atoms with Crippen molar-refractivity contribution >= 4 is 154 Å². The number of likely N-dealkylation sites (N-methyl/N-ethyl adjacent to an activating group) is 2. The number of nitrogens with one attached hydrogen (secondary N) is 2. The largest absolute Gasteiger partial charge is 1.00 e. The Morgan fingerprint density at radius 1 is 0.604 bits per heavy atom. The zero-order valence-electron chi connectivity index (χ0n) is 54.3. The second-order valence-corrected chi connectivity index (χ2v) is 21.5. The minimum atomic E-state index is -1.02. The molecular formula is C65H79Br2Cl4F4K2N11O13. The molecule has 2 aromatic heterocycles. The number of carbonyl (C=O) groups is 9. The summed E-state index contributed by atoms with van der Waals surface area (Å²) >= 11 is 28.2. The Kier molecular flexibility index (Phi) is 60.2. The zero-order valence-corrected chi connectivity index (χ0v) is 65.8. The number of rotatable bonds is 22. The fourth-order valence-corrected chi connectivity index (χ4v) is 8.62. The van der Waals surface area contributed by atoms with Crippen LogP contribution in [0.25, 0.3) is 21.8 Å². The first kappa shape index (κ1) is 104. The Morgan fingerprint density at radius 2 is 0.960 bits per heavy atom. The smallest absolute Gasteiger partial charge is 1.00 e. The van der Waals surface area contributed by atoms with Crippen molar-refractivity contribution < 1.29 is 185 Å². The topological polar surface area (TPSA) is 393 Å². The fraction of sp³-hybridized carbons (Fsp3) is 0.277. The molecule has 0 radical (unpaired) electrons. The third-order valence-corrected chi connectivity index (χ3v) is 14.3. The van der Waals surface area contributed by atoms with Crippen LogP contribution in [0.1, 0.15) is 79.8 Å². The van der Waals surface area contributed by atoms with E-state index < -0.39 is 58.8 Å². The predicted octanol–water partition coefficient (Wildman–Crippen LogP) is 3.94.